The number of hydrogen-bond donors (Lipinski definition) is 0. The highest BCUT2D eigenvalue weighted by atomic mass is 14.0. The van der Waals surface area contributed by atoms with Crippen molar-refractivity contribution >= 4 is 5.57 Å². The summed E-state index contributed by atoms with van der Waals surface area (Å²) in [6, 6.07) is 8.57. The smallest absolute Gasteiger partial charge is 0.0227 e. The van der Waals surface area contributed by atoms with Gasteiger partial charge in [0.15, 0.2) is 0 Å². The fraction of sp³-hybridized carbons (Fsp3) is 0.368. The van der Waals surface area contributed by atoms with Gasteiger partial charge < -0.3 is 0 Å². The second kappa shape index (κ2) is 12.9. The van der Waals surface area contributed by atoms with Gasteiger partial charge in [0.2, 0.25) is 0 Å². The number of aryl methyl sites for hydroxylation is 1. The molecule has 0 saturated heterocycles. The molecule has 0 atom stereocenters. The zero-order valence-corrected chi connectivity index (χ0v) is 13.7. The first-order valence-corrected chi connectivity index (χ1v) is 7.18. The van der Waals surface area contributed by atoms with E-state index in [1.807, 2.05) is 40.7 Å². The molecule has 1 rings (SSSR count). The quantitative estimate of drug-likeness (QED) is 0.537. The van der Waals surface area contributed by atoms with Crippen LogP contribution in [0.4, 0.5) is 0 Å². The highest BCUT2D eigenvalue weighted by Crippen LogP contribution is 2.14. The normalized spacial score (nSPS) is 10.7. The highest BCUT2D eigenvalue weighted by molar-refractivity contribution is 5.65. The van der Waals surface area contributed by atoms with E-state index in [1.54, 1.807) is 0 Å². The molecule has 0 heteroatoms. The van der Waals surface area contributed by atoms with E-state index >= 15 is 0 Å². The van der Waals surface area contributed by atoms with Crippen molar-refractivity contribution in [3.63, 3.8) is 0 Å². The van der Waals surface area contributed by atoms with Gasteiger partial charge in [-0.2, -0.15) is 0 Å². The standard InChI is InChI=1S/C15H18.2C2H6/c1-5-12(2)6-9-14(4)15-10-7-13(3)8-11-15;2*1-2/h5-11H,1H2,2-4H3;2*1-2H3/b12-6-,14-9+;;. The van der Waals surface area contributed by atoms with Gasteiger partial charge in [-0.3, -0.25) is 0 Å². The van der Waals surface area contributed by atoms with E-state index in [0.717, 1.165) is 0 Å². The molecule has 0 nitrogen and oxygen atoms in total. The lowest BCUT2D eigenvalue weighted by molar-refractivity contribution is 1.44. The summed E-state index contributed by atoms with van der Waals surface area (Å²) in [5.74, 6) is 0. The first-order valence-electron chi connectivity index (χ1n) is 7.18. The lowest BCUT2D eigenvalue weighted by Crippen LogP contribution is -1.79. The summed E-state index contributed by atoms with van der Waals surface area (Å²) < 4.78 is 0. The molecule has 0 aliphatic carbocycles. The van der Waals surface area contributed by atoms with Gasteiger partial charge in [0.1, 0.15) is 0 Å². The molecule has 19 heavy (non-hydrogen) atoms. The number of allylic oxidation sites excluding steroid dienone is 5. The van der Waals surface area contributed by atoms with Crippen LogP contribution in [0.1, 0.15) is 52.7 Å². The van der Waals surface area contributed by atoms with Crippen LogP contribution < -0.4 is 0 Å². The first-order chi connectivity index (χ1) is 9.13. The predicted octanol–water partition coefficient (Wildman–Crippen LogP) is 6.58. The van der Waals surface area contributed by atoms with Crippen LogP contribution in [0.15, 0.2) is 54.6 Å². The van der Waals surface area contributed by atoms with Gasteiger partial charge in [0, 0.05) is 0 Å². The summed E-state index contributed by atoms with van der Waals surface area (Å²) in [6.07, 6.45) is 6.07. The summed E-state index contributed by atoms with van der Waals surface area (Å²) in [5.41, 5.74) is 5.02. The Morgan fingerprint density at radius 2 is 1.37 bits per heavy atom. The molecular weight excluding hydrogens is 228 g/mol. The van der Waals surface area contributed by atoms with Crippen LogP contribution in [0.2, 0.25) is 0 Å². The Bertz CT molecular complexity index is 389. The predicted molar refractivity (Wildman–Crippen MR) is 91.5 cm³/mol. The highest BCUT2D eigenvalue weighted by Gasteiger charge is 1.93. The van der Waals surface area contributed by atoms with Gasteiger partial charge >= 0.3 is 0 Å². The van der Waals surface area contributed by atoms with Crippen molar-refractivity contribution in [2.75, 3.05) is 0 Å². The number of rotatable bonds is 3. The Hall–Kier alpha value is -1.56. The van der Waals surface area contributed by atoms with E-state index in [1.165, 1.54) is 22.3 Å². The maximum atomic E-state index is 3.73. The average molecular weight is 258 g/mol. The summed E-state index contributed by atoms with van der Waals surface area (Å²) in [5, 5.41) is 0. The Morgan fingerprint density at radius 1 is 0.895 bits per heavy atom. The van der Waals surface area contributed by atoms with E-state index < -0.39 is 0 Å². The molecule has 0 spiro atoms. The molecule has 0 aliphatic rings. The van der Waals surface area contributed by atoms with Crippen molar-refractivity contribution in [2.24, 2.45) is 0 Å². The fourth-order valence-corrected chi connectivity index (χ4v) is 1.24. The van der Waals surface area contributed by atoms with Crippen molar-refractivity contribution < 1.29 is 0 Å². The third-order valence-electron chi connectivity index (χ3n) is 2.43. The number of benzene rings is 1. The van der Waals surface area contributed by atoms with Gasteiger partial charge in [-0.25, -0.2) is 0 Å². The molecule has 0 fully saturated rings. The minimum absolute atomic E-state index is 1.18. The average Bonchev–Trinajstić information content (AvgIpc) is 2.49. The molecule has 0 N–H and O–H groups in total. The molecule has 106 valence electrons. The molecule has 1 aromatic carbocycles. The van der Waals surface area contributed by atoms with E-state index in [2.05, 4.69) is 56.8 Å². The lowest BCUT2D eigenvalue weighted by atomic mass is 10.1. The van der Waals surface area contributed by atoms with E-state index in [-0.39, 0.29) is 0 Å². The van der Waals surface area contributed by atoms with Crippen LogP contribution in [0, 0.1) is 6.92 Å². The van der Waals surface area contributed by atoms with E-state index in [9.17, 15) is 0 Å². The molecular formula is C19H30. The van der Waals surface area contributed by atoms with Gasteiger partial charge in [-0.1, -0.05) is 87.9 Å². The second-order valence-corrected chi connectivity index (χ2v) is 3.83. The largest absolute Gasteiger partial charge is 0.0988 e. The summed E-state index contributed by atoms with van der Waals surface area (Å²) in [6.45, 7) is 18.0. The minimum atomic E-state index is 1.18. The van der Waals surface area contributed by atoms with E-state index in [0.29, 0.717) is 0 Å². The maximum Gasteiger partial charge on any atom is -0.0227 e. The Balaban J connectivity index is 0. The van der Waals surface area contributed by atoms with Crippen molar-refractivity contribution in [1.82, 2.24) is 0 Å². The molecule has 0 heterocycles. The first kappa shape index (κ1) is 19.8. The third kappa shape index (κ3) is 9.07. The topological polar surface area (TPSA) is 0 Å². The molecule has 0 aliphatic heterocycles. The molecule has 1 aromatic rings. The Labute approximate surface area is 120 Å². The van der Waals surface area contributed by atoms with Gasteiger partial charge in [-0.15, -0.1) is 0 Å². The summed E-state index contributed by atoms with van der Waals surface area (Å²) >= 11 is 0. The van der Waals surface area contributed by atoms with Crippen LogP contribution in [0.25, 0.3) is 5.57 Å². The van der Waals surface area contributed by atoms with Crippen LogP contribution >= 0.6 is 0 Å². The summed E-state index contributed by atoms with van der Waals surface area (Å²) in [4.78, 5) is 0. The monoisotopic (exact) mass is 258 g/mol. The van der Waals surface area contributed by atoms with Crippen molar-refractivity contribution in [2.45, 2.75) is 48.5 Å². The minimum Gasteiger partial charge on any atom is -0.0988 e. The number of hydrogen-bond acceptors (Lipinski definition) is 0. The van der Waals surface area contributed by atoms with Crippen molar-refractivity contribution in [3.8, 4) is 0 Å². The van der Waals surface area contributed by atoms with Crippen molar-refractivity contribution in [1.29, 1.82) is 0 Å². The Kier molecular flexibility index (Phi) is 13.4. The van der Waals surface area contributed by atoms with Crippen LogP contribution in [0.3, 0.4) is 0 Å². The van der Waals surface area contributed by atoms with Crippen molar-refractivity contribution in [3.05, 3.63) is 65.8 Å². The summed E-state index contributed by atoms with van der Waals surface area (Å²) in [7, 11) is 0. The molecule has 0 bridgehead atoms. The lowest BCUT2D eigenvalue weighted by Gasteiger charge is -2.01. The second-order valence-electron chi connectivity index (χ2n) is 3.83. The zero-order chi connectivity index (χ0) is 15.3. The van der Waals surface area contributed by atoms with Gasteiger partial charge in [0.25, 0.3) is 0 Å². The van der Waals surface area contributed by atoms with E-state index in [4.69, 9.17) is 0 Å². The zero-order valence-electron chi connectivity index (χ0n) is 13.7. The maximum absolute atomic E-state index is 3.73. The van der Waals surface area contributed by atoms with Crippen LogP contribution in [-0.2, 0) is 0 Å². The van der Waals surface area contributed by atoms with Gasteiger partial charge in [0.05, 0.1) is 0 Å². The molecule has 0 aromatic heterocycles. The van der Waals surface area contributed by atoms with Crippen LogP contribution in [-0.4, -0.2) is 0 Å². The Morgan fingerprint density at radius 3 is 1.79 bits per heavy atom. The van der Waals surface area contributed by atoms with Crippen LogP contribution in [0.5, 0.6) is 0 Å². The fourth-order valence-electron chi connectivity index (χ4n) is 1.24. The SMILES string of the molecule is C=C/C(C)=C\C=C(/C)c1ccc(C)cc1.CC.CC. The molecule has 0 radical (unpaired) electrons. The molecule has 0 saturated carbocycles. The van der Waals surface area contributed by atoms with Gasteiger partial charge in [-0.05, 0) is 31.9 Å². The third-order valence-corrected chi connectivity index (χ3v) is 2.43. The molecule has 0 amide bonds. The molecule has 0 unspecified atom stereocenters.